The highest BCUT2D eigenvalue weighted by Crippen LogP contribution is 2.22. The highest BCUT2D eigenvalue weighted by Gasteiger charge is 2.30. The molecule has 1 amide bonds. The summed E-state index contributed by atoms with van der Waals surface area (Å²) in [7, 11) is 0. The summed E-state index contributed by atoms with van der Waals surface area (Å²) in [4.78, 5) is 11.3. The molecule has 0 saturated heterocycles. The van der Waals surface area contributed by atoms with Crippen molar-refractivity contribution in [2.75, 3.05) is 6.54 Å². The molecule has 1 rings (SSSR count). The third kappa shape index (κ3) is 9.14. The highest BCUT2D eigenvalue weighted by molar-refractivity contribution is 5.85. The number of ether oxygens (including phenoxy) is 1. The molecule has 8 heteroatoms. The van der Waals surface area contributed by atoms with Gasteiger partial charge < -0.3 is 15.8 Å². The number of nitrogens with two attached hydrogens (primary N) is 1. The van der Waals surface area contributed by atoms with Gasteiger partial charge in [0.05, 0.1) is 0 Å². The normalized spacial score (nSPS) is 12.2. The van der Waals surface area contributed by atoms with Gasteiger partial charge in [0.2, 0.25) is 5.91 Å². The maximum Gasteiger partial charge on any atom is 0.573 e. The topological polar surface area (TPSA) is 64.4 Å². The molecule has 4 nitrogen and oxygen atoms in total. The molecule has 0 bridgehead atoms. The van der Waals surface area contributed by atoms with Gasteiger partial charge in [0, 0.05) is 19.0 Å². The van der Waals surface area contributed by atoms with Crippen LogP contribution < -0.4 is 15.8 Å². The lowest BCUT2D eigenvalue weighted by atomic mass is 10.1. The molecule has 1 aromatic carbocycles. The van der Waals surface area contributed by atoms with E-state index in [1.807, 2.05) is 0 Å². The van der Waals surface area contributed by atoms with Crippen molar-refractivity contribution in [3.63, 3.8) is 0 Å². The van der Waals surface area contributed by atoms with Gasteiger partial charge in [0.1, 0.15) is 5.75 Å². The Morgan fingerprint density at radius 1 is 1.33 bits per heavy atom. The Labute approximate surface area is 127 Å². The molecule has 1 atom stereocenters. The van der Waals surface area contributed by atoms with Crippen molar-refractivity contribution < 1.29 is 22.7 Å². The quantitative estimate of drug-likeness (QED) is 0.843. The Morgan fingerprint density at radius 3 is 2.38 bits per heavy atom. The molecule has 0 fully saturated rings. The van der Waals surface area contributed by atoms with Crippen molar-refractivity contribution in [2.45, 2.75) is 32.2 Å². The van der Waals surface area contributed by atoms with E-state index in [4.69, 9.17) is 5.73 Å². The van der Waals surface area contributed by atoms with Crippen molar-refractivity contribution in [3.8, 4) is 5.75 Å². The summed E-state index contributed by atoms with van der Waals surface area (Å²) in [5.41, 5.74) is 6.28. The number of hydrogen-bond donors (Lipinski definition) is 2. The standard InChI is InChI=1S/C13H17F3N2O2.ClH/c1-9(17)8-12(19)18-7-6-10-2-4-11(5-3-10)20-13(14,15)16;/h2-5,9H,6-8,17H2,1H3,(H,18,19);1H. The van der Waals surface area contributed by atoms with Gasteiger partial charge in [0.15, 0.2) is 0 Å². The predicted octanol–water partition coefficient (Wildman–Crippen LogP) is 2.40. The number of carbonyl (C=O) groups excluding carboxylic acids is 1. The van der Waals surface area contributed by atoms with Crippen molar-refractivity contribution >= 4 is 18.3 Å². The number of halogens is 4. The lowest BCUT2D eigenvalue weighted by Gasteiger charge is -2.10. The summed E-state index contributed by atoms with van der Waals surface area (Å²) in [6.45, 7) is 2.14. The van der Waals surface area contributed by atoms with E-state index in [-0.39, 0.29) is 36.5 Å². The summed E-state index contributed by atoms with van der Waals surface area (Å²) in [6, 6.07) is 5.34. The fourth-order valence-electron chi connectivity index (χ4n) is 1.57. The summed E-state index contributed by atoms with van der Waals surface area (Å²) < 4.78 is 39.6. The summed E-state index contributed by atoms with van der Waals surface area (Å²) in [6.07, 6.45) is -3.91. The molecule has 0 aromatic heterocycles. The van der Waals surface area contributed by atoms with E-state index >= 15 is 0 Å². The van der Waals surface area contributed by atoms with Gasteiger partial charge in [-0.05, 0) is 31.0 Å². The smallest absolute Gasteiger partial charge is 0.406 e. The minimum atomic E-state index is -4.69. The third-order valence-corrected chi connectivity index (χ3v) is 2.40. The van der Waals surface area contributed by atoms with Gasteiger partial charge in [-0.3, -0.25) is 4.79 Å². The van der Waals surface area contributed by atoms with E-state index in [2.05, 4.69) is 10.1 Å². The molecule has 1 unspecified atom stereocenters. The molecule has 0 radical (unpaired) electrons. The van der Waals surface area contributed by atoms with Crippen molar-refractivity contribution in [1.82, 2.24) is 5.32 Å². The summed E-state index contributed by atoms with van der Waals surface area (Å²) in [5.74, 6) is -0.403. The Kier molecular flexibility index (Phi) is 8.12. The second-order valence-electron chi connectivity index (χ2n) is 4.47. The van der Waals surface area contributed by atoms with Crippen LogP contribution in [0.2, 0.25) is 0 Å². The first-order valence-corrected chi connectivity index (χ1v) is 6.13. The first-order valence-electron chi connectivity index (χ1n) is 6.13. The van der Waals surface area contributed by atoms with Gasteiger partial charge in [0.25, 0.3) is 0 Å². The van der Waals surface area contributed by atoms with Crippen LogP contribution in [-0.4, -0.2) is 24.9 Å². The molecule has 0 aliphatic rings. The minimum Gasteiger partial charge on any atom is -0.406 e. The Bertz CT molecular complexity index is 436. The molecule has 0 heterocycles. The second-order valence-corrected chi connectivity index (χ2v) is 4.47. The minimum absolute atomic E-state index is 0. The lowest BCUT2D eigenvalue weighted by molar-refractivity contribution is -0.274. The first kappa shape index (κ1) is 19.5. The Hall–Kier alpha value is -1.47. The van der Waals surface area contributed by atoms with Crippen LogP contribution in [0.15, 0.2) is 24.3 Å². The number of benzene rings is 1. The summed E-state index contributed by atoms with van der Waals surface area (Å²) >= 11 is 0. The van der Waals surface area contributed by atoms with Crippen molar-refractivity contribution in [3.05, 3.63) is 29.8 Å². The van der Waals surface area contributed by atoms with Crippen molar-refractivity contribution in [1.29, 1.82) is 0 Å². The fourth-order valence-corrected chi connectivity index (χ4v) is 1.57. The van der Waals surface area contributed by atoms with E-state index in [1.54, 1.807) is 6.92 Å². The fraction of sp³-hybridized carbons (Fsp3) is 0.462. The van der Waals surface area contributed by atoms with Crippen LogP contribution >= 0.6 is 12.4 Å². The molecule has 0 saturated carbocycles. The monoisotopic (exact) mass is 326 g/mol. The number of rotatable bonds is 6. The maximum atomic E-state index is 12.0. The molecular formula is C13H18ClF3N2O2. The van der Waals surface area contributed by atoms with Crippen LogP contribution in [0, 0.1) is 0 Å². The zero-order valence-corrected chi connectivity index (χ0v) is 12.3. The number of alkyl halides is 3. The number of amides is 1. The molecule has 0 aliphatic carbocycles. The van der Waals surface area contributed by atoms with Gasteiger partial charge in [-0.25, -0.2) is 0 Å². The third-order valence-electron chi connectivity index (χ3n) is 2.40. The Morgan fingerprint density at radius 2 is 1.90 bits per heavy atom. The van der Waals surface area contributed by atoms with Crippen LogP contribution in [0.1, 0.15) is 18.9 Å². The average molecular weight is 327 g/mol. The molecule has 0 spiro atoms. The van der Waals surface area contributed by atoms with E-state index in [9.17, 15) is 18.0 Å². The van der Waals surface area contributed by atoms with E-state index in [1.165, 1.54) is 24.3 Å². The maximum absolute atomic E-state index is 12.0. The van der Waals surface area contributed by atoms with Crippen LogP contribution in [0.25, 0.3) is 0 Å². The van der Waals surface area contributed by atoms with E-state index in [0.29, 0.717) is 13.0 Å². The summed E-state index contributed by atoms with van der Waals surface area (Å²) in [5, 5.41) is 2.69. The number of nitrogens with one attached hydrogen (secondary N) is 1. The number of hydrogen-bond acceptors (Lipinski definition) is 3. The molecule has 3 N–H and O–H groups in total. The zero-order chi connectivity index (χ0) is 15.2. The van der Waals surface area contributed by atoms with Crippen LogP contribution in [0.4, 0.5) is 13.2 Å². The van der Waals surface area contributed by atoms with Gasteiger partial charge in [-0.1, -0.05) is 12.1 Å². The molecule has 120 valence electrons. The second kappa shape index (κ2) is 8.74. The van der Waals surface area contributed by atoms with Crippen LogP contribution in [0.3, 0.4) is 0 Å². The zero-order valence-electron chi connectivity index (χ0n) is 11.4. The average Bonchev–Trinajstić information content (AvgIpc) is 2.28. The largest absolute Gasteiger partial charge is 0.573 e. The van der Waals surface area contributed by atoms with Gasteiger partial charge in [-0.2, -0.15) is 0 Å². The SMILES string of the molecule is CC(N)CC(=O)NCCc1ccc(OC(F)(F)F)cc1.Cl. The van der Waals surface area contributed by atoms with Crippen LogP contribution in [-0.2, 0) is 11.2 Å². The van der Waals surface area contributed by atoms with E-state index < -0.39 is 6.36 Å². The lowest BCUT2D eigenvalue weighted by Crippen LogP contribution is -2.31. The number of carbonyl (C=O) groups is 1. The Balaban J connectivity index is 0.00000400. The molecule has 21 heavy (non-hydrogen) atoms. The van der Waals surface area contributed by atoms with E-state index in [0.717, 1.165) is 5.56 Å². The molecule has 0 aliphatic heterocycles. The highest BCUT2D eigenvalue weighted by atomic mass is 35.5. The molecular weight excluding hydrogens is 309 g/mol. The van der Waals surface area contributed by atoms with Gasteiger partial charge in [-0.15, -0.1) is 25.6 Å². The predicted molar refractivity (Wildman–Crippen MR) is 75.4 cm³/mol. The molecule has 1 aromatic rings. The van der Waals surface area contributed by atoms with Gasteiger partial charge >= 0.3 is 6.36 Å². The van der Waals surface area contributed by atoms with Crippen molar-refractivity contribution in [2.24, 2.45) is 5.73 Å². The first-order chi connectivity index (χ1) is 9.26. The van der Waals surface area contributed by atoms with Crippen LogP contribution in [0.5, 0.6) is 5.75 Å².